The summed E-state index contributed by atoms with van der Waals surface area (Å²) in [6.45, 7) is 10.4. The molecule has 2 heterocycles. The Labute approximate surface area is 167 Å². The number of piperidine rings is 1. The van der Waals surface area contributed by atoms with E-state index in [2.05, 4.69) is 11.8 Å². The van der Waals surface area contributed by atoms with Crippen LogP contribution < -0.4 is 9.47 Å². The molecule has 1 aromatic rings. The lowest BCUT2D eigenvalue weighted by molar-refractivity contribution is -0.149. The Hall–Kier alpha value is -1.01. The van der Waals surface area contributed by atoms with Gasteiger partial charge in [-0.2, -0.15) is 0 Å². The molecule has 0 spiro atoms. The highest BCUT2D eigenvalue weighted by atomic mass is 35.5. The van der Waals surface area contributed by atoms with Crippen molar-refractivity contribution in [1.29, 1.82) is 0 Å². The number of methoxy groups -OCH3 is 1. The molecule has 6 heteroatoms. The molecule has 2 aliphatic heterocycles. The third-order valence-electron chi connectivity index (χ3n) is 5.26. The molecule has 0 aromatic heterocycles. The lowest BCUT2D eigenvalue weighted by Crippen LogP contribution is -2.53. The number of nitrogens with zero attached hydrogens (tertiary/aromatic N) is 1. The van der Waals surface area contributed by atoms with Crippen LogP contribution in [0.1, 0.15) is 57.7 Å². The Morgan fingerprint density at radius 3 is 2.70 bits per heavy atom. The molecule has 0 amide bonds. The Morgan fingerprint density at radius 1 is 1.33 bits per heavy atom. The Balaban J connectivity index is 1.89. The number of halogens is 1. The lowest BCUT2D eigenvalue weighted by atomic mass is 9.84. The highest BCUT2D eigenvalue weighted by molar-refractivity contribution is 6.33. The first-order valence-electron chi connectivity index (χ1n) is 9.87. The molecular weight excluding hydrogens is 366 g/mol. The number of hydrogen-bond acceptors (Lipinski definition) is 5. The smallest absolute Gasteiger partial charge is 0.180 e. The minimum Gasteiger partial charge on any atom is -0.493 e. The van der Waals surface area contributed by atoms with Gasteiger partial charge in [0.15, 0.2) is 11.5 Å². The van der Waals surface area contributed by atoms with Gasteiger partial charge >= 0.3 is 0 Å². The molecule has 5 nitrogen and oxygen atoms in total. The predicted molar refractivity (Wildman–Crippen MR) is 107 cm³/mol. The number of aliphatic hydroxyl groups excluding tert-OH is 1. The molecule has 1 aromatic carbocycles. The average Bonchev–Trinajstić information content (AvgIpc) is 2.60. The molecule has 0 radical (unpaired) electrons. The van der Waals surface area contributed by atoms with Crippen molar-refractivity contribution < 1.29 is 19.3 Å². The van der Waals surface area contributed by atoms with Gasteiger partial charge in [-0.15, -0.1) is 0 Å². The second-order valence-electron chi connectivity index (χ2n) is 8.47. The van der Waals surface area contributed by atoms with Crippen LogP contribution in [0.3, 0.4) is 0 Å². The summed E-state index contributed by atoms with van der Waals surface area (Å²) < 4.78 is 17.5. The number of ether oxygens (including phenoxy) is 3. The first-order valence-corrected chi connectivity index (χ1v) is 10.2. The fourth-order valence-corrected chi connectivity index (χ4v) is 4.46. The molecule has 0 bridgehead atoms. The van der Waals surface area contributed by atoms with Crippen molar-refractivity contribution >= 4 is 11.6 Å². The van der Waals surface area contributed by atoms with Gasteiger partial charge < -0.3 is 19.3 Å². The van der Waals surface area contributed by atoms with Crippen molar-refractivity contribution in [2.45, 2.75) is 70.8 Å². The maximum atomic E-state index is 10.7. The van der Waals surface area contributed by atoms with Crippen LogP contribution in [0, 0.1) is 0 Å². The van der Waals surface area contributed by atoms with E-state index in [-0.39, 0.29) is 17.7 Å². The largest absolute Gasteiger partial charge is 0.493 e. The summed E-state index contributed by atoms with van der Waals surface area (Å²) in [5.74, 6) is 1.30. The van der Waals surface area contributed by atoms with E-state index < -0.39 is 6.10 Å². The van der Waals surface area contributed by atoms with Crippen LogP contribution in [-0.4, -0.2) is 54.6 Å². The Bertz CT molecular complexity index is 673. The van der Waals surface area contributed by atoms with E-state index >= 15 is 0 Å². The van der Waals surface area contributed by atoms with Crippen molar-refractivity contribution in [3.8, 4) is 11.5 Å². The van der Waals surface area contributed by atoms with Crippen molar-refractivity contribution in [3.63, 3.8) is 0 Å². The fourth-order valence-electron chi connectivity index (χ4n) is 4.11. The van der Waals surface area contributed by atoms with E-state index in [1.54, 1.807) is 7.11 Å². The number of benzene rings is 1. The number of rotatable bonds is 5. The van der Waals surface area contributed by atoms with E-state index in [0.717, 1.165) is 37.1 Å². The molecule has 3 atom stereocenters. The number of hydrogen-bond donors (Lipinski definition) is 1. The SMILES string of the molecule is CCCOc1c(OC)cc2c(c1Cl)CCN1C[C@@H](OC(C)(C)C)[C@H](O)C[C@H]21. The molecule has 0 saturated carbocycles. The molecule has 1 saturated heterocycles. The van der Waals surface area contributed by atoms with Gasteiger partial charge in [-0.05, 0) is 57.2 Å². The second-order valence-corrected chi connectivity index (χ2v) is 8.85. The summed E-state index contributed by atoms with van der Waals surface area (Å²) in [6, 6.07) is 2.16. The summed E-state index contributed by atoms with van der Waals surface area (Å²) in [5, 5.41) is 11.4. The minimum atomic E-state index is -0.503. The van der Waals surface area contributed by atoms with Gasteiger partial charge in [0.25, 0.3) is 0 Å². The molecule has 0 unspecified atom stereocenters. The van der Waals surface area contributed by atoms with E-state index in [9.17, 15) is 5.11 Å². The zero-order valence-electron chi connectivity index (χ0n) is 17.0. The normalized spacial score (nSPS) is 25.7. The molecule has 3 rings (SSSR count). The fraction of sp³-hybridized carbons (Fsp3) is 0.714. The van der Waals surface area contributed by atoms with Gasteiger partial charge in [-0.3, -0.25) is 4.90 Å². The van der Waals surface area contributed by atoms with Crippen LogP contribution in [0.2, 0.25) is 5.02 Å². The summed E-state index contributed by atoms with van der Waals surface area (Å²) in [5.41, 5.74) is 1.98. The van der Waals surface area contributed by atoms with Gasteiger partial charge in [0.05, 0.1) is 36.5 Å². The Kier molecular flexibility index (Phi) is 6.26. The second kappa shape index (κ2) is 8.16. The van der Waals surface area contributed by atoms with E-state index in [0.29, 0.717) is 29.5 Å². The van der Waals surface area contributed by atoms with Crippen molar-refractivity contribution in [2.24, 2.45) is 0 Å². The average molecular weight is 398 g/mol. The lowest BCUT2D eigenvalue weighted by Gasteiger charge is -2.47. The van der Waals surface area contributed by atoms with Crippen LogP contribution in [0.15, 0.2) is 6.07 Å². The Morgan fingerprint density at radius 2 is 2.07 bits per heavy atom. The van der Waals surface area contributed by atoms with Crippen LogP contribution in [-0.2, 0) is 11.2 Å². The van der Waals surface area contributed by atoms with E-state index in [4.69, 9.17) is 25.8 Å². The first kappa shape index (κ1) is 20.7. The predicted octanol–water partition coefficient (Wildman–Crippen LogP) is 3.98. The summed E-state index contributed by atoms with van der Waals surface area (Å²) in [6.07, 6.45) is 1.72. The zero-order chi connectivity index (χ0) is 19.8. The third-order valence-corrected chi connectivity index (χ3v) is 5.66. The number of aliphatic hydroxyl groups is 1. The van der Waals surface area contributed by atoms with Crippen molar-refractivity contribution in [2.75, 3.05) is 26.8 Å². The van der Waals surface area contributed by atoms with E-state index in [1.165, 1.54) is 0 Å². The van der Waals surface area contributed by atoms with Crippen LogP contribution in [0.5, 0.6) is 11.5 Å². The molecule has 152 valence electrons. The quantitative estimate of drug-likeness (QED) is 0.814. The molecular formula is C21H32ClNO4. The molecule has 1 fully saturated rings. The molecule has 1 N–H and O–H groups in total. The highest BCUT2D eigenvalue weighted by Gasteiger charge is 2.41. The molecule has 27 heavy (non-hydrogen) atoms. The van der Waals surface area contributed by atoms with E-state index in [1.807, 2.05) is 26.8 Å². The molecule has 2 aliphatic rings. The van der Waals surface area contributed by atoms with Crippen LogP contribution in [0.25, 0.3) is 0 Å². The topological polar surface area (TPSA) is 51.2 Å². The summed E-state index contributed by atoms with van der Waals surface area (Å²) >= 11 is 6.72. The standard InChI is InChI=1S/C21H32ClNO4/c1-6-9-26-20-17(25-5)10-14-13(19(20)22)7-8-23-12-18(27-21(2,3)4)16(24)11-15(14)23/h10,15-16,18,24H,6-9,11-12H2,1-5H3/t15-,16-,18-/m1/s1. The summed E-state index contributed by atoms with van der Waals surface area (Å²) in [4.78, 5) is 2.40. The molecule has 0 aliphatic carbocycles. The van der Waals surface area contributed by atoms with Crippen LogP contribution >= 0.6 is 11.6 Å². The van der Waals surface area contributed by atoms with Crippen LogP contribution in [0.4, 0.5) is 0 Å². The summed E-state index contributed by atoms with van der Waals surface area (Å²) in [7, 11) is 1.64. The minimum absolute atomic E-state index is 0.121. The zero-order valence-corrected chi connectivity index (χ0v) is 17.8. The monoisotopic (exact) mass is 397 g/mol. The maximum Gasteiger partial charge on any atom is 0.180 e. The van der Waals surface area contributed by atoms with Gasteiger partial charge in [0, 0.05) is 19.1 Å². The van der Waals surface area contributed by atoms with Gasteiger partial charge in [0.2, 0.25) is 0 Å². The van der Waals surface area contributed by atoms with Gasteiger partial charge in [-0.1, -0.05) is 18.5 Å². The van der Waals surface area contributed by atoms with Gasteiger partial charge in [0.1, 0.15) is 0 Å². The highest BCUT2D eigenvalue weighted by Crippen LogP contribution is 2.47. The first-order chi connectivity index (χ1) is 12.7. The van der Waals surface area contributed by atoms with Crippen molar-refractivity contribution in [1.82, 2.24) is 4.90 Å². The maximum absolute atomic E-state index is 10.7. The van der Waals surface area contributed by atoms with Gasteiger partial charge in [-0.25, -0.2) is 0 Å². The third kappa shape index (κ3) is 4.37. The van der Waals surface area contributed by atoms with Crippen molar-refractivity contribution in [3.05, 3.63) is 22.2 Å². The number of fused-ring (bicyclic) bond motifs is 3.